The highest BCUT2D eigenvalue weighted by molar-refractivity contribution is 5.90. The smallest absolute Gasteiger partial charge is 0.239 e. The van der Waals surface area contributed by atoms with Gasteiger partial charge in [0.05, 0.1) is 12.2 Å². The maximum absolute atomic E-state index is 14.1. The fraction of sp³-hybridized carbons (Fsp3) is 0.234. The molecule has 10 aromatic carbocycles. The van der Waals surface area contributed by atoms with Gasteiger partial charge >= 0.3 is 0 Å². The van der Waals surface area contributed by atoms with E-state index < -0.39 is 131 Å². The van der Waals surface area contributed by atoms with E-state index >= 15 is 0 Å². The number of phenols is 18. The molecular weight excluding hydrogens is 1690 g/mol. The number of benzene rings is 10. The fourth-order valence-electron chi connectivity index (χ4n) is 14.3. The molecular formula is C94H94O35. The summed E-state index contributed by atoms with van der Waals surface area (Å²) in [5.74, 6) is -8.57. The highest BCUT2D eigenvalue weighted by Gasteiger charge is 2.76. The molecule has 5 heterocycles. The third-order valence-corrected chi connectivity index (χ3v) is 23.2. The van der Waals surface area contributed by atoms with Gasteiger partial charge in [0, 0.05) is 77.2 Å². The zero-order valence-electron chi connectivity index (χ0n) is 70.3. The molecule has 15 rings (SSSR count). The lowest BCUT2D eigenvalue weighted by molar-refractivity contribution is -0.465. The van der Waals surface area contributed by atoms with Gasteiger partial charge in [0.25, 0.3) is 0 Å². The second kappa shape index (κ2) is 35.1. The molecule has 0 spiro atoms. The van der Waals surface area contributed by atoms with Gasteiger partial charge in [-0.05, 0) is 195 Å². The van der Waals surface area contributed by atoms with Crippen molar-refractivity contribution in [3.63, 3.8) is 0 Å². The molecule has 2 saturated heterocycles. The standard InChI is InChI=1S/C36H48O16.C15H10O7.C15H12O6.2C14H12O3/c1-28(2)31(5,43)34(8,46)35(9,47)36(10,52-28)48-16-29(3)32(6,44)33(7,45)30(4,42)27(51-29)50-26-24(41)23-21(40)14-18(37)15-22(23)49-25(26)17-11-12-19(38)20(39)13-17;16-7-4-10(19)12-11(5-7)22-15(14(21)13(12)20)6-1-2-8(17)9(18)3-6;16-8-4-11(18)9-6-13(20)15(21-14(9)5-8)7-1-2-10(17)12(19)3-7;2*15-12-5-3-10(4-6-12)1-2-11-7-13(16)9-14(17)8-11/h11-15,27,37-40,42-47H,16H2,1-10H3;1-5,16-19,21H;1-5,16-20H,6H2;2*1-9,15-17H/b;;;2-1+;2-1-/t27-,29?,30?,31+,32-,33+,34+,35?,36-;;;;/m1..../s1. The summed E-state index contributed by atoms with van der Waals surface area (Å²) in [5.41, 5.74) is -16.2. The van der Waals surface area contributed by atoms with E-state index in [9.17, 15) is 132 Å². The van der Waals surface area contributed by atoms with E-state index in [0.717, 1.165) is 86.5 Å². The first kappa shape index (κ1) is 94.7. The SMILES string of the molecule is CC1(C)O[C@@](C)(OCC2(C)O[C@@H](Oc3c(-c4ccc(O)c(O)c4)oc4cc(O)cc(O)c4c3=O)C(C)(O)[C@](C)(O)[C@]2(C)O)C(C)(O)[C@@](C)(O)[C@@]1(C)O.O=c1c(O)c(-c2ccc(O)c(O)c2)oc2cc(O)cc(O)c12.OC1=C(c2ccc(O)c(O)c2)Oc2cc(O)cc(O)c2C1.Oc1ccc(/C=C/c2cc(O)cc(O)c2)cc1.Oc1ccc(/C=C\c2cc(O)cc(O)c2)cc1. The number of aromatic hydroxyl groups is 19. The van der Waals surface area contributed by atoms with Crippen LogP contribution in [0.5, 0.6) is 121 Å². The normalized spacial score (nSPS) is 23.3. The minimum atomic E-state index is -2.57. The highest BCUT2D eigenvalue weighted by Crippen LogP contribution is 2.57. The second-order valence-electron chi connectivity index (χ2n) is 32.6. The molecule has 9 atom stereocenters. The minimum Gasteiger partial charge on any atom is -0.508 e. The first-order valence-corrected chi connectivity index (χ1v) is 38.9. The van der Waals surface area contributed by atoms with Crippen LogP contribution in [0.3, 0.4) is 0 Å². The topological polar surface area (TPSA) is 633 Å². The van der Waals surface area contributed by atoms with Crippen LogP contribution in [-0.2, 0) is 20.6 Å². The summed E-state index contributed by atoms with van der Waals surface area (Å²) in [5, 5.41) is 262. The molecule has 2 fully saturated rings. The summed E-state index contributed by atoms with van der Waals surface area (Å²) in [6, 6.07) is 39.6. The highest BCUT2D eigenvalue weighted by atomic mass is 16.8. The van der Waals surface area contributed by atoms with Crippen LogP contribution in [0.15, 0.2) is 200 Å². The van der Waals surface area contributed by atoms with Crippen molar-refractivity contribution in [2.45, 2.75) is 133 Å². The molecule has 0 radical (unpaired) electrons. The third kappa shape index (κ3) is 18.7. The van der Waals surface area contributed by atoms with Crippen molar-refractivity contribution < 1.29 is 165 Å². The van der Waals surface area contributed by atoms with E-state index in [-0.39, 0.29) is 126 Å². The van der Waals surface area contributed by atoms with Gasteiger partial charge in [-0.1, -0.05) is 48.6 Å². The minimum absolute atomic E-state index is 0.0235. The lowest BCUT2D eigenvalue weighted by Crippen LogP contribution is -2.85. The maximum atomic E-state index is 14.1. The summed E-state index contributed by atoms with van der Waals surface area (Å²) in [4.78, 5) is 26.2. The Hall–Kier alpha value is -14.9. The fourth-order valence-corrected chi connectivity index (χ4v) is 14.3. The molecule has 35 heteroatoms. The molecule has 12 aromatic rings. The molecule has 0 amide bonds. The average Bonchev–Trinajstić information content (AvgIpc) is 0.690. The number of ether oxygens (including phenoxy) is 5. The summed E-state index contributed by atoms with van der Waals surface area (Å²) < 4.78 is 41.3. The second-order valence-corrected chi connectivity index (χ2v) is 32.6. The van der Waals surface area contributed by atoms with Crippen LogP contribution in [0.4, 0.5) is 0 Å². The van der Waals surface area contributed by atoms with Crippen molar-refractivity contribution in [1.82, 2.24) is 0 Å². The largest absolute Gasteiger partial charge is 0.508 e. The van der Waals surface area contributed by atoms with Crippen molar-refractivity contribution in [3.05, 3.63) is 236 Å². The van der Waals surface area contributed by atoms with E-state index in [2.05, 4.69) is 0 Å². The first-order chi connectivity index (χ1) is 59.9. The zero-order valence-corrected chi connectivity index (χ0v) is 70.3. The van der Waals surface area contributed by atoms with Crippen LogP contribution in [-0.4, -0.2) is 196 Å². The van der Waals surface area contributed by atoms with Crippen molar-refractivity contribution in [2.75, 3.05) is 6.61 Å². The lowest BCUT2D eigenvalue weighted by Gasteiger charge is -2.65. The number of aliphatic hydroxyl groups is 7. The molecule has 2 aromatic heterocycles. The molecule has 3 aliphatic rings. The molecule has 3 aliphatic heterocycles. The van der Waals surface area contributed by atoms with Gasteiger partial charge in [0.15, 0.2) is 63.2 Å². The molecule has 26 N–H and O–H groups in total. The van der Waals surface area contributed by atoms with Crippen molar-refractivity contribution in [1.29, 1.82) is 0 Å². The van der Waals surface area contributed by atoms with Gasteiger partial charge in [-0.3, -0.25) is 9.59 Å². The Morgan fingerprint density at radius 2 is 0.760 bits per heavy atom. The molecule has 3 unspecified atom stereocenters. The van der Waals surface area contributed by atoms with E-state index in [1.54, 1.807) is 84.9 Å². The van der Waals surface area contributed by atoms with Gasteiger partial charge in [-0.15, -0.1) is 0 Å². The predicted octanol–water partition coefficient (Wildman–Crippen LogP) is 12.1. The predicted molar refractivity (Wildman–Crippen MR) is 465 cm³/mol. The van der Waals surface area contributed by atoms with Crippen LogP contribution < -0.4 is 20.3 Å². The summed E-state index contributed by atoms with van der Waals surface area (Å²) >= 11 is 0. The zero-order chi connectivity index (χ0) is 95.3. The number of fused-ring (bicyclic) bond motifs is 3. The number of allylic oxidation sites excluding steroid dienone is 1. The number of hydrogen-bond donors (Lipinski definition) is 26. The molecule has 0 bridgehead atoms. The van der Waals surface area contributed by atoms with Crippen LogP contribution in [0, 0.1) is 0 Å². The average molecular weight is 1780 g/mol. The van der Waals surface area contributed by atoms with Gasteiger partial charge in [0.1, 0.15) is 136 Å². The molecule has 0 aliphatic carbocycles. The molecule has 35 nitrogen and oxygen atoms in total. The van der Waals surface area contributed by atoms with Gasteiger partial charge in [0.2, 0.25) is 28.6 Å². The van der Waals surface area contributed by atoms with E-state index in [4.69, 9.17) is 42.7 Å². The molecule has 680 valence electrons. The summed E-state index contributed by atoms with van der Waals surface area (Å²) in [6.07, 6.45) is 5.15. The lowest BCUT2D eigenvalue weighted by atomic mass is 9.61. The summed E-state index contributed by atoms with van der Waals surface area (Å²) in [6.45, 7) is 11.7. The van der Waals surface area contributed by atoms with Crippen LogP contribution >= 0.6 is 0 Å². The quantitative estimate of drug-likeness (QED) is 0.0399. The first-order valence-electron chi connectivity index (χ1n) is 38.9. The number of rotatable bonds is 12. The van der Waals surface area contributed by atoms with Crippen molar-refractivity contribution in [2.24, 2.45) is 0 Å². The third-order valence-electron chi connectivity index (χ3n) is 23.2. The van der Waals surface area contributed by atoms with Crippen LogP contribution in [0.1, 0.15) is 103 Å². The molecule has 129 heavy (non-hydrogen) atoms. The Balaban J connectivity index is 0.000000172. The van der Waals surface area contributed by atoms with Crippen LogP contribution in [0.25, 0.3) is 74.6 Å². The molecule has 0 saturated carbocycles. The van der Waals surface area contributed by atoms with Crippen molar-refractivity contribution >= 4 is 52.0 Å². The van der Waals surface area contributed by atoms with Gasteiger partial charge < -0.3 is 165 Å². The Labute approximate surface area is 732 Å². The van der Waals surface area contributed by atoms with E-state index in [0.29, 0.717) is 22.3 Å². The van der Waals surface area contributed by atoms with Gasteiger partial charge in [-0.25, -0.2) is 0 Å². The number of aliphatic hydroxyl groups excluding tert-OH is 1. The maximum Gasteiger partial charge on any atom is 0.239 e. The van der Waals surface area contributed by atoms with E-state index in [1.165, 1.54) is 97.0 Å². The Kier molecular flexibility index (Phi) is 25.8. The Morgan fingerprint density at radius 1 is 0.364 bits per heavy atom. The Bertz CT molecular complexity index is 6350. The monoisotopic (exact) mass is 1780 g/mol. The Morgan fingerprint density at radius 3 is 1.22 bits per heavy atom. The summed E-state index contributed by atoms with van der Waals surface area (Å²) in [7, 11) is 0. The van der Waals surface area contributed by atoms with Crippen molar-refractivity contribution in [3.8, 4) is 143 Å². The van der Waals surface area contributed by atoms with Crippen LogP contribution in [0.2, 0.25) is 0 Å². The number of phenolic OH excluding ortho intramolecular Hbond substituents is 18. The number of hydrogen-bond acceptors (Lipinski definition) is 35. The van der Waals surface area contributed by atoms with Gasteiger partial charge in [-0.2, -0.15) is 0 Å². The van der Waals surface area contributed by atoms with E-state index in [1.807, 2.05) is 12.2 Å².